The van der Waals surface area contributed by atoms with Gasteiger partial charge < -0.3 is 10.6 Å². The van der Waals surface area contributed by atoms with E-state index < -0.39 is 5.41 Å². The zero-order valence-corrected chi connectivity index (χ0v) is 11.9. The molecule has 0 unspecified atom stereocenters. The topological polar surface area (TPSA) is 46.3 Å². The number of carbonyl (C=O) groups is 1. The van der Waals surface area contributed by atoms with E-state index >= 15 is 0 Å². The molecule has 2 N–H and O–H groups in total. The van der Waals surface area contributed by atoms with Crippen molar-refractivity contribution < 1.29 is 4.79 Å². The number of nitrogens with zero attached hydrogens (tertiary/aromatic N) is 1. The maximum Gasteiger partial charge on any atom is 0.235 e. The lowest BCUT2D eigenvalue weighted by Gasteiger charge is -2.44. The highest BCUT2D eigenvalue weighted by atomic mass is 32.2. The average molecular weight is 272 g/mol. The number of thiocarbonyl (C=S) groups is 1. The Morgan fingerprint density at radius 2 is 2.00 bits per heavy atom. The summed E-state index contributed by atoms with van der Waals surface area (Å²) >= 11 is 7.00. The first-order valence-corrected chi connectivity index (χ1v) is 7.92. The molecule has 0 atom stereocenters. The zero-order chi connectivity index (χ0) is 12.5. The molecular formula is C12H20N2OS2. The summed E-state index contributed by atoms with van der Waals surface area (Å²) in [5.41, 5.74) is 5.29. The Labute approximate surface area is 112 Å². The lowest BCUT2D eigenvalue weighted by molar-refractivity contribution is -0.142. The predicted octanol–water partition coefficient (Wildman–Crippen LogP) is 1.80. The van der Waals surface area contributed by atoms with E-state index in [9.17, 15) is 4.79 Å². The van der Waals surface area contributed by atoms with E-state index in [1.807, 2.05) is 16.7 Å². The Kier molecular flexibility index (Phi) is 3.98. The fourth-order valence-electron chi connectivity index (χ4n) is 2.69. The minimum Gasteiger partial charge on any atom is -0.392 e. The van der Waals surface area contributed by atoms with Crippen LogP contribution in [0.2, 0.25) is 0 Å². The number of carbonyl (C=O) groups excluding carboxylic acids is 1. The summed E-state index contributed by atoms with van der Waals surface area (Å²) in [6.45, 7) is 1.74. The zero-order valence-electron chi connectivity index (χ0n) is 10.3. The van der Waals surface area contributed by atoms with Crippen molar-refractivity contribution in [2.75, 3.05) is 19.3 Å². The Morgan fingerprint density at radius 1 is 1.41 bits per heavy atom. The smallest absolute Gasteiger partial charge is 0.235 e. The predicted molar refractivity (Wildman–Crippen MR) is 76.2 cm³/mol. The molecular weight excluding hydrogens is 252 g/mol. The molecule has 1 saturated carbocycles. The van der Waals surface area contributed by atoms with Gasteiger partial charge in [-0.05, 0) is 31.9 Å². The molecule has 1 aliphatic carbocycles. The van der Waals surface area contributed by atoms with Gasteiger partial charge in [-0.25, -0.2) is 0 Å². The summed E-state index contributed by atoms with van der Waals surface area (Å²) in [6.07, 6.45) is 7.11. The summed E-state index contributed by atoms with van der Waals surface area (Å²) in [7, 11) is 0. The lowest BCUT2D eigenvalue weighted by Crippen LogP contribution is -2.56. The minimum atomic E-state index is -0.485. The van der Waals surface area contributed by atoms with E-state index in [2.05, 4.69) is 6.26 Å². The van der Waals surface area contributed by atoms with Crippen LogP contribution in [0.4, 0.5) is 0 Å². The molecule has 1 heterocycles. The van der Waals surface area contributed by atoms with Crippen molar-refractivity contribution in [2.24, 2.45) is 11.1 Å². The second-order valence-corrected chi connectivity index (χ2v) is 6.61. The summed E-state index contributed by atoms with van der Waals surface area (Å²) in [5, 5.41) is 0.709. The number of piperidine rings is 1. The van der Waals surface area contributed by atoms with Crippen LogP contribution in [0.5, 0.6) is 0 Å². The number of amides is 1. The Hall–Kier alpha value is -0.290. The standard InChI is InChI=1S/C12H20N2OS2/c1-17-9-3-7-14(8-4-9)11(15)12(10(13)16)5-2-6-12/h9H,2-8H2,1H3,(H2,13,16). The first kappa shape index (κ1) is 13.1. The third kappa shape index (κ3) is 2.32. The van der Waals surface area contributed by atoms with Crippen molar-refractivity contribution in [3.63, 3.8) is 0 Å². The van der Waals surface area contributed by atoms with Gasteiger partial charge in [-0.3, -0.25) is 4.79 Å². The molecule has 0 aromatic heterocycles. The number of rotatable bonds is 3. The van der Waals surface area contributed by atoms with Crippen molar-refractivity contribution in [3.05, 3.63) is 0 Å². The molecule has 0 spiro atoms. The van der Waals surface area contributed by atoms with Crippen LogP contribution in [0.3, 0.4) is 0 Å². The van der Waals surface area contributed by atoms with Gasteiger partial charge in [-0.1, -0.05) is 18.6 Å². The maximum absolute atomic E-state index is 12.5. The molecule has 96 valence electrons. The molecule has 1 aliphatic heterocycles. The fourth-order valence-corrected chi connectivity index (χ4v) is 3.67. The third-order valence-electron chi connectivity index (χ3n) is 4.15. The van der Waals surface area contributed by atoms with Gasteiger partial charge in [-0.15, -0.1) is 0 Å². The highest BCUT2D eigenvalue weighted by molar-refractivity contribution is 7.99. The van der Waals surface area contributed by atoms with Crippen LogP contribution in [0.15, 0.2) is 0 Å². The Balaban J connectivity index is 1.99. The van der Waals surface area contributed by atoms with Crippen LogP contribution < -0.4 is 5.73 Å². The lowest BCUT2D eigenvalue weighted by atomic mass is 9.67. The van der Waals surface area contributed by atoms with Crippen LogP contribution in [0.25, 0.3) is 0 Å². The summed E-state index contributed by atoms with van der Waals surface area (Å²) in [5.74, 6) is 0.191. The van der Waals surface area contributed by atoms with E-state index in [0.29, 0.717) is 10.2 Å². The maximum atomic E-state index is 12.5. The third-order valence-corrected chi connectivity index (χ3v) is 5.68. The van der Waals surface area contributed by atoms with Crippen molar-refractivity contribution in [1.29, 1.82) is 0 Å². The summed E-state index contributed by atoms with van der Waals surface area (Å²) < 4.78 is 0. The SMILES string of the molecule is CSC1CCN(C(=O)C2(C(N)=S)CCC2)CC1. The molecule has 3 nitrogen and oxygen atoms in total. The fraction of sp³-hybridized carbons (Fsp3) is 0.833. The molecule has 2 aliphatic rings. The largest absolute Gasteiger partial charge is 0.392 e. The van der Waals surface area contributed by atoms with Crippen LogP contribution >= 0.6 is 24.0 Å². The normalized spacial score (nSPS) is 24.2. The summed E-state index contributed by atoms with van der Waals surface area (Å²) in [6, 6.07) is 0. The van der Waals surface area contributed by atoms with E-state index in [1.165, 1.54) is 0 Å². The highest BCUT2D eigenvalue weighted by Gasteiger charge is 2.49. The van der Waals surface area contributed by atoms with E-state index in [-0.39, 0.29) is 5.91 Å². The number of likely N-dealkylation sites (tertiary alicyclic amines) is 1. The molecule has 0 aromatic carbocycles. The quantitative estimate of drug-likeness (QED) is 0.796. The van der Waals surface area contributed by atoms with Crippen molar-refractivity contribution in [2.45, 2.75) is 37.4 Å². The molecule has 0 aromatic rings. The Morgan fingerprint density at radius 3 is 2.35 bits per heavy atom. The molecule has 5 heteroatoms. The molecule has 0 bridgehead atoms. The van der Waals surface area contributed by atoms with Gasteiger partial charge in [0.25, 0.3) is 0 Å². The van der Waals surface area contributed by atoms with E-state index in [0.717, 1.165) is 45.2 Å². The molecule has 1 amide bonds. The van der Waals surface area contributed by atoms with Gasteiger partial charge in [0.1, 0.15) is 0 Å². The van der Waals surface area contributed by atoms with Crippen LogP contribution in [-0.2, 0) is 4.79 Å². The second kappa shape index (κ2) is 5.14. The van der Waals surface area contributed by atoms with Gasteiger partial charge in [-0.2, -0.15) is 11.8 Å². The van der Waals surface area contributed by atoms with Crippen molar-refractivity contribution in [1.82, 2.24) is 4.90 Å². The first-order chi connectivity index (χ1) is 8.10. The van der Waals surface area contributed by atoms with Crippen molar-refractivity contribution in [3.8, 4) is 0 Å². The molecule has 2 fully saturated rings. The Bertz CT molecular complexity index is 320. The summed E-state index contributed by atoms with van der Waals surface area (Å²) in [4.78, 5) is 14.9. The van der Waals surface area contributed by atoms with Gasteiger partial charge in [0, 0.05) is 18.3 Å². The van der Waals surface area contributed by atoms with E-state index in [1.54, 1.807) is 0 Å². The number of hydrogen-bond donors (Lipinski definition) is 1. The average Bonchev–Trinajstić information content (AvgIpc) is 2.27. The number of nitrogens with two attached hydrogens (primary N) is 1. The van der Waals surface area contributed by atoms with Crippen LogP contribution in [0, 0.1) is 5.41 Å². The van der Waals surface area contributed by atoms with E-state index in [4.69, 9.17) is 18.0 Å². The monoisotopic (exact) mass is 272 g/mol. The van der Waals surface area contributed by atoms with Crippen LogP contribution in [-0.4, -0.2) is 40.4 Å². The van der Waals surface area contributed by atoms with Gasteiger partial charge >= 0.3 is 0 Å². The molecule has 0 radical (unpaired) electrons. The van der Waals surface area contributed by atoms with Gasteiger partial charge in [0.2, 0.25) is 5.91 Å². The molecule has 1 saturated heterocycles. The minimum absolute atomic E-state index is 0.191. The molecule has 2 rings (SSSR count). The first-order valence-electron chi connectivity index (χ1n) is 6.22. The number of hydrogen-bond acceptors (Lipinski definition) is 3. The highest BCUT2D eigenvalue weighted by Crippen LogP contribution is 2.43. The van der Waals surface area contributed by atoms with Gasteiger partial charge in [0.15, 0.2) is 0 Å². The van der Waals surface area contributed by atoms with Crippen molar-refractivity contribution >= 4 is 34.9 Å². The molecule has 17 heavy (non-hydrogen) atoms. The number of thioether (sulfide) groups is 1. The second-order valence-electron chi connectivity index (χ2n) is 5.03. The van der Waals surface area contributed by atoms with Crippen LogP contribution in [0.1, 0.15) is 32.1 Å². The van der Waals surface area contributed by atoms with Gasteiger partial charge in [0.05, 0.1) is 10.4 Å².